The van der Waals surface area contributed by atoms with E-state index in [1.165, 1.54) is 11.1 Å². The van der Waals surface area contributed by atoms with Crippen LogP contribution in [-0.4, -0.2) is 21.3 Å². The molecule has 1 aromatic heterocycles. The van der Waals surface area contributed by atoms with E-state index in [9.17, 15) is 0 Å². The van der Waals surface area contributed by atoms with E-state index in [2.05, 4.69) is 58.2 Å². The fourth-order valence-corrected chi connectivity index (χ4v) is 3.63. The van der Waals surface area contributed by atoms with Crippen LogP contribution in [0.15, 0.2) is 24.3 Å². The minimum Gasteiger partial charge on any atom is -0.308 e. The molecule has 1 aliphatic rings. The molecular weight excluding hydrogens is 260 g/mol. The summed E-state index contributed by atoms with van der Waals surface area (Å²) in [7, 11) is 0. The summed E-state index contributed by atoms with van der Waals surface area (Å²) in [5.74, 6) is 2.41. The third-order valence-corrected chi connectivity index (χ3v) is 4.49. The summed E-state index contributed by atoms with van der Waals surface area (Å²) in [6.45, 7) is 9.45. The molecule has 0 spiro atoms. The molecule has 3 unspecified atom stereocenters. The van der Waals surface area contributed by atoms with E-state index in [4.69, 9.17) is 0 Å². The van der Waals surface area contributed by atoms with E-state index in [1.54, 1.807) is 0 Å². The molecule has 1 N–H and O–H groups in total. The van der Waals surface area contributed by atoms with Gasteiger partial charge in [0.1, 0.15) is 11.6 Å². The van der Waals surface area contributed by atoms with Crippen molar-refractivity contribution < 1.29 is 0 Å². The van der Waals surface area contributed by atoms with Crippen molar-refractivity contribution in [1.29, 1.82) is 0 Å². The molecular formula is C17H24N4. The zero-order valence-corrected chi connectivity index (χ0v) is 13.3. The van der Waals surface area contributed by atoms with Crippen LogP contribution in [0.3, 0.4) is 0 Å². The first-order valence-electron chi connectivity index (χ1n) is 7.83. The number of benzene rings is 1. The smallest absolute Gasteiger partial charge is 0.147 e. The van der Waals surface area contributed by atoms with Crippen LogP contribution < -0.4 is 5.32 Å². The van der Waals surface area contributed by atoms with Crippen molar-refractivity contribution in [3.63, 3.8) is 0 Å². The zero-order chi connectivity index (χ0) is 15.0. The Morgan fingerprint density at radius 3 is 2.57 bits per heavy atom. The van der Waals surface area contributed by atoms with Crippen molar-refractivity contribution in [2.75, 3.05) is 6.54 Å². The molecule has 0 bridgehead atoms. The third kappa shape index (κ3) is 2.48. The largest absolute Gasteiger partial charge is 0.308 e. The van der Waals surface area contributed by atoms with Gasteiger partial charge in [-0.25, -0.2) is 9.67 Å². The van der Waals surface area contributed by atoms with Crippen molar-refractivity contribution in [3.05, 3.63) is 47.0 Å². The lowest BCUT2D eigenvalue weighted by Gasteiger charge is -2.37. The number of nitrogens with one attached hydrogen (secondary N) is 1. The van der Waals surface area contributed by atoms with Gasteiger partial charge in [0.15, 0.2) is 0 Å². The van der Waals surface area contributed by atoms with Crippen LogP contribution in [0.1, 0.15) is 61.0 Å². The van der Waals surface area contributed by atoms with Gasteiger partial charge in [0.05, 0.1) is 12.1 Å². The lowest BCUT2D eigenvalue weighted by atomic mass is 9.78. The van der Waals surface area contributed by atoms with E-state index in [0.29, 0.717) is 18.0 Å². The Morgan fingerprint density at radius 2 is 1.95 bits per heavy atom. The predicted octanol–water partition coefficient (Wildman–Crippen LogP) is 3.29. The summed E-state index contributed by atoms with van der Waals surface area (Å²) in [6.07, 6.45) is 1.10. The highest BCUT2D eigenvalue weighted by Crippen LogP contribution is 2.43. The predicted molar refractivity (Wildman–Crippen MR) is 84.4 cm³/mol. The quantitative estimate of drug-likeness (QED) is 0.940. The first kappa shape index (κ1) is 14.3. The second-order valence-corrected chi connectivity index (χ2v) is 6.02. The van der Waals surface area contributed by atoms with E-state index in [0.717, 1.165) is 24.6 Å². The highest BCUT2D eigenvalue weighted by atomic mass is 15.4. The van der Waals surface area contributed by atoms with Gasteiger partial charge in [-0.3, -0.25) is 0 Å². The van der Waals surface area contributed by atoms with Gasteiger partial charge in [0.25, 0.3) is 0 Å². The van der Waals surface area contributed by atoms with Crippen LogP contribution in [0.5, 0.6) is 0 Å². The van der Waals surface area contributed by atoms with Crippen LogP contribution >= 0.6 is 0 Å². The summed E-state index contributed by atoms with van der Waals surface area (Å²) in [4.78, 5) is 4.49. The molecule has 3 rings (SSSR count). The molecule has 3 atom stereocenters. The molecule has 4 heteroatoms. The highest BCUT2D eigenvalue weighted by Gasteiger charge is 2.35. The van der Waals surface area contributed by atoms with Crippen molar-refractivity contribution in [2.45, 2.75) is 52.1 Å². The van der Waals surface area contributed by atoms with Crippen molar-refractivity contribution >= 4 is 0 Å². The van der Waals surface area contributed by atoms with Crippen molar-refractivity contribution in [3.8, 4) is 0 Å². The molecule has 1 aliphatic carbocycles. The molecule has 0 saturated carbocycles. The maximum Gasteiger partial charge on any atom is 0.147 e. The van der Waals surface area contributed by atoms with Gasteiger partial charge in [0, 0.05) is 0 Å². The van der Waals surface area contributed by atoms with E-state index in [1.807, 2.05) is 13.8 Å². The maximum atomic E-state index is 4.64. The minimum atomic E-state index is 0.308. The number of nitrogens with zero attached hydrogens (tertiary/aromatic N) is 3. The number of fused-ring (bicyclic) bond motifs is 1. The standard InChI is InChI=1S/C17H24N4/c1-5-18-17-15-9-7-6-8-14(15)11(2)10-16(17)21-13(4)19-12(3)20-21/h6-9,11,16-18H,5,10H2,1-4H3. The molecule has 1 heterocycles. The van der Waals surface area contributed by atoms with Crippen LogP contribution in [0, 0.1) is 13.8 Å². The Bertz CT molecular complexity index is 631. The molecule has 0 radical (unpaired) electrons. The Kier molecular flexibility index (Phi) is 3.81. The Labute approximate surface area is 126 Å². The molecule has 112 valence electrons. The molecule has 1 aromatic carbocycles. The van der Waals surface area contributed by atoms with Crippen LogP contribution in [0.25, 0.3) is 0 Å². The van der Waals surface area contributed by atoms with Crippen LogP contribution in [0.2, 0.25) is 0 Å². The molecule has 0 fully saturated rings. The normalized spacial score (nSPS) is 24.9. The van der Waals surface area contributed by atoms with Gasteiger partial charge in [-0.05, 0) is 43.9 Å². The number of likely N-dealkylation sites (N-methyl/N-ethyl adjacent to an activating group) is 1. The number of hydrogen-bond acceptors (Lipinski definition) is 3. The average molecular weight is 284 g/mol. The Hall–Kier alpha value is -1.68. The second-order valence-electron chi connectivity index (χ2n) is 6.02. The minimum absolute atomic E-state index is 0.308. The van der Waals surface area contributed by atoms with Gasteiger partial charge in [-0.1, -0.05) is 38.1 Å². The van der Waals surface area contributed by atoms with E-state index >= 15 is 0 Å². The lowest BCUT2D eigenvalue weighted by Crippen LogP contribution is -2.36. The Morgan fingerprint density at radius 1 is 1.24 bits per heavy atom. The number of aromatic nitrogens is 3. The summed E-state index contributed by atoms with van der Waals surface area (Å²) in [5, 5.41) is 8.30. The molecule has 2 aromatic rings. The summed E-state index contributed by atoms with van der Waals surface area (Å²) >= 11 is 0. The maximum absolute atomic E-state index is 4.64. The summed E-state index contributed by atoms with van der Waals surface area (Å²) in [6, 6.07) is 9.43. The van der Waals surface area contributed by atoms with E-state index in [-0.39, 0.29) is 0 Å². The van der Waals surface area contributed by atoms with Crippen molar-refractivity contribution in [1.82, 2.24) is 20.1 Å². The fraction of sp³-hybridized carbons (Fsp3) is 0.529. The van der Waals surface area contributed by atoms with Gasteiger partial charge in [0.2, 0.25) is 0 Å². The Balaban J connectivity index is 2.07. The monoisotopic (exact) mass is 284 g/mol. The SMILES string of the molecule is CCNC1c2ccccc2C(C)CC1n1nc(C)nc1C. The van der Waals surface area contributed by atoms with Gasteiger partial charge >= 0.3 is 0 Å². The topological polar surface area (TPSA) is 42.7 Å². The molecule has 0 amide bonds. The van der Waals surface area contributed by atoms with Crippen LogP contribution in [-0.2, 0) is 0 Å². The first-order chi connectivity index (χ1) is 10.1. The average Bonchev–Trinajstić information content (AvgIpc) is 2.81. The van der Waals surface area contributed by atoms with Crippen LogP contribution in [0.4, 0.5) is 0 Å². The molecule has 21 heavy (non-hydrogen) atoms. The highest BCUT2D eigenvalue weighted by molar-refractivity contribution is 5.36. The molecule has 0 aliphatic heterocycles. The number of rotatable bonds is 3. The summed E-state index contributed by atoms with van der Waals surface area (Å²) < 4.78 is 2.12. The molecule has 4 nitrogen and oxygen atoms in total. The third-order valence-electron chi connectivity index (χ3n) is 4.49. The van der Waals surface area contributed by atoms with Gasteiger partial charge < -0.3 is 5.32 Å². The summed E-state index contributed by atoms with van der Waals surface area (Å²) in [5.41, 5.74) is 2.88. The first-order valence-corrected chi connectivity index (χ1v) is 7.83. The van der Waals surface area contributed by atoms with Crippen molar-refractivity contribution in [2.24, 2.45) is 0 Å². The van der Waals surface area contributed by atoms with Gasteiger partial charge in [-0.2, -0.15) is 5.10 Å². The lowest BCUT2D eigenvalue weighted by molar-refractivity contribution is 0.276. The molecule has 0 saturated heterocycles. The zero-order valence-electron chi connectivity index (χ0n) is 13.3. The number of aryl methyl sites for hydroxylation is 2. The van der Waals surface area contributed by atoms with Gasteiger partial charge in [-0.15, -0.1) is 0 Å². The second kappa shape index (κ2) is 5.60. The van der Waals surface area contributed by atoms with E-state index < -0.39 is 0 Å². The number of hydrogen-bond donors (Lipinski definition) is 1. The fourth-order valence-electron chi connectivity index (χ4n) is 3.63.